The predicted octanol–water partition coefficient (Wildman–Crippen LogP) is 6.79. The molecular weight excluding hydrogens is 438 g/mol. The molecule has 1 N–H and O–H groups in total. The molecule has 0 unspecified atom stereocenters. The summed E-state index contributed by atoms with van der Waals surface area (Å²) in [5.74, 6) is -0.103. The van der Waals surface area contributed by atoms with E-state index in [1.165, 1.54) is 16.9 Å². The summed E-state index contributed by atoms with van der Waals surface area (Å²) in [5.41, 5.74) is 4.92. The fourth-order valence-electron chi connectivity index (χ4n) is 3.43. The minimum Gasteiger partial charge on any atom is -0.348 e. The van der Waals surface area contributed by atoms with Gasteiger partial charge in [0.05, 0.1) is 22.4 Å². The van der Waals surface area contributed by atoms with Gasteiger partial charge in [-0.25, -0.2) is 4.98 Å². The van der Waals surface area contributed by atoms with Crippen molar-refractivity contribution in [3.05, 3.63) is 100 Å². The molecule has 32 heavy (non-hydrogen) atoms. The molecule has 6 heteroatoms. The van der Waals surface area contributed by atoms with Gasteiger partial charge in [0.1, 0.15) is 6.54 Å². The van der Waals surface area contributed by atoms with Gasteiger partial charge in [0.25, 0.3) is 0 Å². The minimum absolute atomic E-state index is 0.101. The minimum atomic E-state index is -0.103. The third-order valence-corrected chi connectivity index (χ3v) is 6.38. The van der Waals surface area contributed by atoms with Gasteiger partial charge >= 0.3 is 0 Å². The number of aromatic nitrogens is 1. The normalized spacial score (nSPS) is 11.7. The molecule has 0 aliphatic carbocycles. The lowest BCUT2D eigenvalue weighted by atomic mass is 10.1. The van der Waals surface area contributed by atoms with Gasteiger partial charge in [-0.3, -0.25) is 4.79 Å². The Morgan fingerprint density at radius 3 is 2.44 bits per heavy atom. The molecule has 0 bridgehead atoms. The highest BCUT2D eigenvalue weighted by molar-refractivity contribution is 7.14. The number of rotatable bonds is 7. The maximum Gasteiger partial charge on any atom is 0.240 e. The average Bonchev–Trinajstić information content (AvgIpc) is 3.29. The summed E-state index contributed by atoms with van der Waals surface area (Å²) in [4.78, 5) is 19.7. The SMILES string of the molecule is Cc1ccc(-c2csc(N(CC(=O)N[C@@H](C)c3ccccc3)c3ccccc3Cl)n2)cc1. The van der Waals surface area contributed by atoms with E-state index >= 15 is 0 Å². The van der Waals surface area contributed by atoms with Crippen LogP contribution in [0.5, 0.6) is 0 Å². The van der Waals surface area contributed by atoms with Gasteiger partial charge in [-0.05, 0) is 31.5 Å². The quantitative estimate of drug-likeness (QED) is 0.329. The van der Waals surface area contributed by atoms with Crippen LogP contribution in [-0.2, 0) is 4.79 Å². The van der Waals surface area contributed by atoms with E-state index in [4.69, 9.17) is 16.6 Å². The van der Waals surface area contributed by atoms with E-state index in [2.05, 4.69) is 36.5 Å². The summed E-state index contributed by atoms with van der Waals surface area (Å²) < 4.78 is 0. The van der Waals surface area contributed by atoms with Crippen molar-refractivity contribution in [3.8, 4) is 11.3 Å². The van der Waals surface area contributed by atoms with E-state index in [1.807, 2.05) is 71.8 Å². The fraction of sp³-hybridized carbons (Fsp3) is 0.154. The van der Waals surface area contributed by atoms with Crippen molar-refractivity contribution in [2.45, 2.75) is 19.9 Å². The number of amides is 1. The van der Waals surface area contributed by atoms with Gasteiger partial charge in [0, 0.05) is 10.9 Å². The van der Waals surface area contributed by atoms with Crippen molar-refractivity contribution in [1.82, 2.24) is 10.3 Å². The molecule has 4 rings (SSSR count). The summed E-state index contributed by atoms with van der Waals surface area (Å²) in [6, 6.07) is 25.6. The average molecular weight is 462 g/mol. The molecule has 4 nitrogen and oxygen atoms in total. The van der Waals surface area contributed by atoms with E-state index in [1.54, 1.807) is 0 Å². The lowest BCUT2D eigenvalue weighted by Gasteiger charge is -2.24. The van der Waals surface area contributed by atoms with Crippen LogP contribution in [0.4, 0.5) is 10.8 Å². The summed E-state index contributed by atoms with van der Waals surface area (Å²) in [6.45, 7) is 4.15. The topological polar surface area (TPSA) is 45.2 Å². The number of carbonyl (C=O) groups excluding carboxylic acids is 1. The number of thiazole rings is 1. The monoisotopic (exact) mass is 461 g/mol. The second kappa shape index (κ2) is 9.98. The molecule has 1 atom stereocenters. The van der Waals surface area contributed by atoms with Crippen molar-refractivity contribution < 1.29 is 4.79 Å². The zero-order valence-corrected chi connectivity index (χ0v) is 19.5. The number of para-hydroxylation sites is 1. The van der Waals surface area contributed by atoms with Crippen LogP contribution in [0.2, 0.25) is 5.02 Å². The van der Waals surface area contributed by atoms with Crippen molar-refractivity contribution in [1.29, 1.82) is 0 Å². The summed E-state index contributed by atoms with van der Waals surface area (Å²) in [6.07, 6.45) is 0. The Hall–Kier alpha value is -3.15. The van der Waals surface area contributed by atoms with Crippen LogP contribution in [0, 0.1) is 6.92 Å². The Kier molecular flexibility index (Phi) is 6.88. The Balaban J connectivity index is 1.59. The van der Waals surface area contributed by atoms with Gasteiger partial charge < -0.3 is 10.2 Å². The third-order valence-electron chi connectivity index (χ3n) is 5.19. The first-order chi connectivity index (χ1) is 15.5. The zero-order valence-electron chi connectivity index (χ0n) is 18.0. The van der Waals surface area contributed by atoms with Crippen LogP contribution in [-0.4, -0.2) is 17.4 Å². The van der Waals surface area contributed by atoms with E-state index in [9.17, 15) is 4.79 Å². The second-order valence-corrected chi connectivity index (χ2v) is 8.86. The van der Waals surface area contributed by atoms with Crippen molar-refractivity contribution >= 4 is 39.7 Å². The molecular formula is C26H24ClN3OS. The fourth-order valence-corrected chi connectivity index (χ4v) is 4.51. The number of nitrogens with zero attached hydrogens (tertiary/aromatic N) is 2. The van der Waals surface area contributed by atoms with E-state index < -0.39 is 0 Å². The van der Waals surface area contributed by atoms with Crippen LogP contribution in [0.3, 0.4) is 0 Å². The Labute approximate surface area is 197 Å². The van der Waals surface area contributed by atoms with Gasteiger partial charge in [-0.15, -0.1) is 11.3 Å². The van der Waals surface area contributed by atoms with Crippen molar-refractivity contribution in [2.75, 3.05) is 11.4 Å². The number of nitrogens with one attached hydrogen (secondary N) is 1. The van der Waals surface area contributed by atoms with Crippen LogP contribution in [0.15, 0.2) is 84.2 Å². The first kappa shape index (κ1) is 22.1. The smallest absolute Gasteiger partial charge is 0.240 e. The zero-order chi connectivity index (χ0) is 22.5. The van der Waals surface area contributed by atoms with Gasteiger partial charge in [0.2, 0.25) is 5.91 Å². The largest absolute Gasteiger partial charge is 0.348 e. The summed E-state index contributed by atoms with van der Waals surface area (Å²) >= 11 is 7.99. The second-order valence-electron chi connectivity index (χ2n) is 7.62. The maximum absolute atomic E-state index is 13.0. The van der Waals surface area contributed by atoms with Crippen molar-refractivity contribution in [3.63, 3.8) is 0 Å². The lowest BCUT2D eigenvalue weighted by Crippen LogP contribution is -2.36. The number of hydrogen-bond donors (Lipinski definition) is 1. The highest BCUT2D eigenvalue weighted by Gasteiger charge is 2.21. The molecule has 1 amide bonds. The van der Waals surface area contributed by atoms with E-state index in [0.717, 1.165) is 27.6 Å². The Morgan fingerprint density at radius 1 is 1.03 bits per heavy atom. The molecule has 3 aromatic carbocycles. The molecule has 0 spiro atoms. The highest BCUT2D eigenvalue weighted by Crippen LogP contribution is 2.35. The molecule has 1 aromatic heterocycles. The summed E-state index contributed by atoms with van der Waals surface area (Å²) in [7, 11) is 0. The molecule has 0 saturated carbocycles. The predicted molar refractivity (Wildman–Crippen MR) is 134 cm³/mol. The Morgan fingerprint density at radius 2 is 1.72 bits per heavy atom. The van der Waals surface area contributed by atoms with Crippen LogP contribution in [0.25, 0.3) is 11.3 Å². The van der Waals surface area contributed by atoms with Crippen LogP contribution in [0.1, 0.15) is 24.1 Å². The first-order valence-electron chi connectivity index (χ1n) is 10.4. The number of hydrogen-bond acceptors (Lipinski definition) is 4. The molecule has 1 heterocycles. The molecule has 0 saturated heterocycles. The van der Waals surface area contributed by atoms with Gasteiger partial charge in [-0.2, -0.15) is 0 Å². The van der Waals surface area contributed by atoms with E-state index in [-0.39, 0.29) is 18.5 Å². The van der Waals surface area contributed by atoms with Crippen LogP contribution >= 0.6 is 22.9 Å². The van der Waals surface area contributed by atoms with Gasteiger partial charge in [0.15, 0.2) is 5.13 Å². The van der Waals surface area contributed by atoms with Crippen LogP contribution < -0.4 is 10.2 Å². The highest BCUT2D eigenvalue weighted by atomic mass is 35.5. The van der Waals surface area contributed by atoms with E-state index in [0.29, 0.717) is 5.02 Å². The molecule has 4 aromatic rings. The molecule has 0 aliphatic rings. The molecule has 162 valence electrons. The van der Waals surface area contributed by atoms with Gasteiger partial charge in [-0.1, -0.05) is 83.9 Å². The number of halogens is 1. The standard InChI is InChI=1S/C26H24ClN3OS/c1-18-12-14-21(15-13-18)23-17-32-26(29-23)30(24-11-7-6-10-22(24)27)16-25(31)28-19(2)20-8-4-3-5-9-20/h3-15,17,19H,16H2,1-2H3,(H,28,31)/t19-/m0/s1. The Bertz CT molecular complexity index is 1190. The summed E-state index contributed by atoms with van der Waals surface area (Å²) in [5, 5.41) is 6.38. The maximum atomic E-state index is 13.0. The first-order valence-corrected chi connectivity index (χ1v) is 11.7. The molecule has 0 fully saturated rings. The van der Waals surface area contributed by atoms with Crippen molar-refractivity contribution in [2.24, 2.45) is 0 Å². The number of carbonyl (C=O) groups is 1. The number of benzene rings is 3. The third kappa shape index (κ3) is 5.18. The number of aryl methyl sites for hydroxylation is 1. The lowest BCUT2D eigenvalue weighted by molar-refractivity contribution is -0.120. The molecule has 0 radical (unpaired) electrons. The number of anilines is 2. The molecule has 0 aliphatic heterocycles.